The lowest BCUT2D eigenvalue weighted by molar-refractivity contribution is 0.465. The number of hydrogen-bond donors (Lipinski definition) is 1. The second kappa shape index (κ2) is 6.31. The van der Waals surface area contributed by atoms with E-state index in [1.807, 2.05) is 19.2 Å². The van der Waals surface area contributed by atoms with E-state index in [0.29, 0.717) is 0 Å². The van der Waals surface area contributed by atoms with E-state index >= 15 is 0 Å². The van der Waals surface area contributed by atoms with E-state index in [9.17, 15) is 0 Å². The van der Waals surface area contributed by atoms with Crippen LogP contribution in [0, 0.1) is 0 Å². The Bertz CT molecular complexity index is 621. The van der Waals surface area contributed by atoms with Gasteiger partial charge in [-0.3, -0.25) is 0 Å². The normalized spacial score (nSPS) is 15.3. The topological polar surface area (TPSA) is 21.3 Å². The molecule has 1 aliphatic carbocycles. The van der Waals surface area contributed by atoms with Crippen LogP contribution in [-0.4, -0.2) is 7.05 Å². The van der Waals surface area contributed by atoms with Crippen molar-refractivity contribution in [2.24, 2.45) is 0 Å². The highest BCUT2D eigenvalue weighted by atomic mass is 16.5. The molecule has 2 nitrogen and oxygen atoms in total. The maximum Gasteiger partial charge on any atom is 0.132 e. The molecular formula is C19H23NO. The summed E-state index contributed by atoms with van der Waals surface area (Å²) in [4.78, 5) is 0. The Kier molecular flexibility index (Phi) is 4.26. The van der Waals surface area contributed by atoms with Gasteiger partial charge in [0.05, 0.1) is 0 Å². The van der Waals surface area contributed by atoms with Crippen LogP contribution < -0.4 is 10.1 Å². The third-order valence-electron chi connectivity index (χ3n) is 4.37. The van der Waals surface area contributed by atoms with Crippen molar-refractivity contribution >= 4 is 0 Å². The van der Waals surface area contributed by atoms with Gasteiger partial charge in [-0.1, -0.05) is 24.3 Å². The zero-order valence-electron chi connectivity index (χ0n) is 12.9. The minimum Gasteiger partial charge on any atom is -0.457 e. The molecule has 0 bridgehead atoms. The predicted octanol–water partition coefficient (Wildman–Crippen LogP) is 4.64. The first-order valence-corrected chi connectivity index (χ1v) is 7.84. The molecule has 0 spiro atoms. The number of nitrogens with one attached hydrogen (secondary N) is 1. The average Bonchev–Trinajstić information content (AvgIpc) is 2.54. The lowest BCUT2D eigenvalue weighted by atomic mass is 9.92. The van der Waals surface area contributed by atoms with Crippen molar-refractivity contribution in [2.75, 3.05) is 7.05 Å². The highest BCUT2D eigenvalue weighted by molar-refractivity contribution is 5.42. The first kappa shape index (κ1) is 14.2. The zero-order valence-corrected chi connectivity index (χ0v) is 12.9. The van der Waals surface area contributed by atoms with Gasteiger partial charge >= 0.3 is 0 Å². The van der Waals surface area contributed by atoms with Gasteiger partial charge in [-0.15, -0.1) is 0 Å². The van der Waals surface area contributed by atoms with Gasteiger partial charge < -0.3 is 10.1 Å². The fourth-order valence-electron chi connectivity index (χ4n) is 2.99. The second-order valence-corrected chi connectivity index (χ2v) is 5.79. The molecule has 0 heterocycles. The van der Waals surface area contributed by atoms with E-state index in [4.69, 9.17) is 4.74 Å². The molecule has 2 heteroatoms. The minimum absolute atomic E-state index is 0.277. The van der Waals surface area contributed by atoms with Gasteiger partial charge in [-0.25, -0.2) is 0 Å². The zero-order chi connectivity index (χ0) is 14.7. The van der Waals surface area contributed by atoms with Crippen molar-refractivity contribution in [3.05, 3.63) is 59.2 Å². The lowest BCUT2D eigenvalue weighted by Gasteiger charge is -2.19. The Morgan fingerprint density at radius 1 is 1.00 bits per heavy atom. The highest BCUT2D eigenvalue weighted by Gasteiger charge is 2.13. The summed E-state index contributed by atoms with van der Waals surface area (Å²) in [6.07, 6.45) is 5.00. The number of benzene rings is 2. The van der Waals surface area contributed by atoms with Gasteiger partial charge in [0.15, 0.2) is 0 Å². The Morgan fingerprint density at radius 3 is 2.57 bits per heavy atom. The van der Waals surface area contributed by atoms with Crippen molar-refractivity contribution in [1.82, 2.24) is 5.32 Å². The maximum absolute atomic E-state index is 6.16. The van der Waals surface area contributed by atoms with Crippen molar-refractivity contribution < 1.29 is 4.74 Å². The van der Waals surface area contributed by atoms with Crippen LogP contribution in [0.1, 0.15) is 42.5 Å². The van der Waals surface area contributed by atoms with Crippen molar-refractivity contribution in [3.63, 3.8) is 0 Å². The van der Waals surface area contributed by atoms with E-state index in [1.165, 1.54) is 42.4 Å². The molecule has 0 aromatic heterocycles. The molecule has 0 amide bonds. The van der Waals surface area contributed by atoms with E-state index in [1.54, 1.807) is 0 Å². The Labute approximate surface area is 127 Å². The molecule has 0 aliphatic heterocycles. The molecule has 3 rings (SSSR count). The molecule has 1 aliphatic rings. The quantitative estimate of drug-likeness (QED) is 0.881. The number of para-hydroxylation sites is 1. The van der Waals surface area contributed by atoms with Crippen LogP contribution in [0.2, 0.25) is 0 Å². The molecule has 0 saturated carbocycles. The Balaban J connectivity index is 1.87. The van der Waals surface area contributed by atoms with Crippen LogP contribution in [0.4, 0.5) is 0 Å². The van der Waals surface area contributed by atoms with E-state index in [0.717, 1.165) is 11.5 Å². The summed E-state index contributed by atoms with van der Waals surface area (Å²) in [6.45, 7) is 2.15. The van der Waals surface area contributed by atoms with Crippen LogP contribution in [0.3, 0.4) is 0 Å². The first-order chi connectivity index (χ1) is 10.3. The van der Waals surface area contributed by atoms with Crippen LogP contribution in [0.5, 0.6) is 11.5 Å². The maximum atomic E-state index is 6.16. The standard InChI is InChI=1S/C19H23NO/c1-14(20-2)18-9-5-6-10-19(18)21-17-12-11-15-7-3-4-8-16(15)13-17/h5-6,9-14,20H,3-4,7-8H2,1-2H3. The molecule has 0 fully saturated rings. The highest BCUT2D eigenvalue weighted by Crippen LogP contribution is 2.32. The van der Waals surface area contributed by atoms with Crippen LogP contribution in [0.25, 0.3) is 0 Å². The third-order valence-corrected chi connectivity index (χ3v) is 4.37. The monoisotopic (exact) mass is 281 g/mol. The summed E-state index contributed by atoms with van der Waals surface area (Å²) in [6, 6.07) is 15.1. The van der Waals surface area contributed by atoms with Crippen molar-refractivity contribution in [1.29, 1.82) is 0 Å². The number of ether oxygens (including phenoxy) is 1. The summed E-state index contributed by atoms with van der Waals surface area (Å²) in [5.74, 6) is 1.89. The summed E-state index contributed by atoms with van der Waals surface area (Å²) >= 11 is 0. The molecule has 0 saturated heterocycles. The van der Waals surface area contributed by atoms with E-state index in [2.05, 4.69) is 42.6 Å². The van der Waals surface area contributed by atoms with E-state index < -0.39 is 0 Å². The fraction of sp³-hybridized carbons (Fsp3) is 0.368. The number of aryl methyl sites for hydroxylation is 2. The van der Waals surface area contributed by atoms with Gasteiger partial charge in [0.1, 0.15) is 11.5 Å². The molecule has 110 valence electrons. The summed E-state index contributed by atoms with van der Waals surface area (Å²) < 4.78 is 6.16. The number of rotatable bonds is 4. The molecule has 1 N–H and O–H groups in total. The Morgan fingerprint density at radius 2 is 1.76 bits per heavy atom. The largest absolute Gasteiger partial charge is 0.457 e. The summed E-state index contributed by atoms with van der Waals surface area (Å²) in [5, 5.41) is 3.28. The van der Waals surface area contributed by atoms with Gasteiger partial charge in [0.2, 0.25) is 0 Å². The number of hydrogen-bond acceptors (Lipinski definition) is 2. The molecule has 21 heavy (non-hydrogen) atoms. The first-order valence-electron chi connectivity index (χ1n) is 7.84. The van der Waals surface area contributed by atoms with Crippen LogP contribution >= 0.6 is 0 Å². The Hall–Kier alpha value is -1.80. The van der Waals surface area contributed by atoms with Gasteiger partial charge in [0.25, 0.3) is 0 Å². The molecular weight excluding hydrogens is 258 g/mol. The molecule has 1 atom stereocenters. The van der Waals surface area contributed by atoms with Gasteiger partial charge in [-0.05, 0) is 69.0 Å². The lowest BCUT2D eigenvalue weighted by Crippen LogP contribution is -2.13. The molecule has 2 aromatic carbocycles. The van der Waals surface area contributed by atoms with Crippen LogP contribution in [-0.2, 0) is 12.8 Å². The summed E-state index contributed by atoms with van der Waals surface area (Å²) in [5.41, 5.74) is 4.14. The summed E-state index contributed by atoms with van der Waals surface area (Å²) in [7, 11) is 1.97. The van der Waals surface area contributed by atoms with Gasteiger partial charge in [0, 0.05) is 11.6 Å². The SMILES string of the molecule is CNC(C)c1ccccc1Oc1ccc2c(c1)CCCC2. The van der Waals surface area contributed by atoms with Crippen LogP contribution in [0.15, 0.2) is 42.5 Å². The third kappa shape index (κ3) is 3.11. The minimum atomic E-state index is 0.277. The van der Waals surface area contributed by atoms with E-state index in [-0.39, 0.29) is 6.04 Å². The fourth-order valence-corrected chi connectivity index (χ4v) is 2.99. The number of fused-ring (bicyclic) bond motifs is 1. The average molecular weight is 281 g/mol. The second-order valence-electron chi connectivity index (χ2n) is 5.79. The van der Waals surface area contributed by atoms with Crippen molar-refractivity contribution in [3.8, 4) is 11.5 Å². The molecule has 0 radical (unpaired) electrons. The predicted molar refractivity (Wildman–Crippen MR) is 87.1 cm³/mol. The van der Waals surface area contributed by atoms with Crippen molar-refractivity contribution in [2.45, 2.75) is 38.6 Å². The smallest absolute Gasteiger partial charge is 0.132 e. The van der Waals surface area contributed by atoms with Gasteiger partial charge in [-0.2, -0.15) is 0 Å². The molecule has 2 aromatic rings. The molecule has 1 unspecified atom stereocenters.